The maximum absolute atomic E-state index is 13.4. The highest BCUT2D eigenvalue weighted by Gasteiger charge is 2.64. The van der Waals surface area contributed by atoms with Crippen LogP contribution in [-0.2, 0) is 14.3 Å². The van der Waals surface area contributed by atoms with Crippen LogP contribution in [0.25, 0.3) is 0 Å². The first kappa shape index (κ1) is 22.1. The van der Waals surface area contributed by atoms with E-state index in [4.69, 9.17) is 9.47 Å². The Labute approximate surface area is 183 Å². The monoisotopic (exact) mass is 414 g/mol. The molecule has 0 aromatic rings. The van der Waals surface area contributed by atoms with E-state index in [9.17, 15) is 4.79 Å². The Balaban J connectivity index is 1.65. The standard InChI is InChI=1S/C27H42O3/c1-8-13-29-17-30-23(28)21(22-16-19-10-12-27(22,7)25(19,4)5)15-20-14-18-9-11-26(20,6)24(18,2)3/h8,15,18-20,22H,1,9-14,16-17H2,2-7H3/b21-15-. The summed E-state index contributed by atoms with van der Waals surface area (Å²) in [5.74, 6) is 2.08. The third kappa shape index (κ3) is 2.90. The molecule has 6 unspecified atom stereocenters. The Hall–Kier alpha value is -1.09. The van der Waals surface area contributed by atoms with Gasteiger partial charge in [0.15, 0.2) is 6.79 Å². The van der Waals surface area contributed by atoms with E-state index in [1.165, 1.54) is 32.1 Å². The average Bonchev–Trinajstić information content (AvgIpc) is 3.20. The molecule has 0 aromatic carbocycles. The molecule has 0 aromatic heterocycles. The molecular weight excluding hydrogens is 372 g/mol. The molecule has 0 radical (unpaired) electrons. The van der Waals surface area contributed by atoms with Crippen LogP contribution in [0.1, 0.15) is 80.1 Å². The Morgan fingerprint density at radius 2 is 1.57 bits per heavy atom. The lowest BCUT2D eigenvalue weighted by atomic mass is 9.63. The lowest BCUT2D eigenvalue weighted by Gasteiger charge is -2.41. The van der Waals surface area contributed by atoms with Crippen LogP contribution in [0, 0.1) is 45.3 Å². The van der Waals surface area contributed by atoms with Crippen molar-refractivity contribution in [2.45, 2.75) is 80.1 Å². The highest BCUT2D eigenvalue weighted by Crippen LogP contribution is 2.71. The van der Waals surface area contributed by atoms with E-state index < -0.39 is 0 Å². The van der Waals surface area contributed by atoms with Crippen LogP contribution in [0.15, 0.2) is 24.3 Å². The lowest BCUT2D eigenvalue weighted by Crippen LogP contribution is -2.36. The summed E-state index contributed by atoms with van der Waals surface area (Å²) in [5, 5.41) is 0. The van der Waals surface area contributed by atoms with Gasteiger partial charge in [0.25, 0.3) is 0 Å². The molecule has 3 heteroatoms. The van der Waals surface area contributed by atoms with Crippen LogP contribution in [0.5, 0.6) is 0 Å². The third-order valence-corrected chi connectivity index (χ3v) is 11.2. The molecule has 4 saturated carbocycles. The zero-order valence-electron chi connectivity index (χ0n) is 20.1. The Morgan fingerprint density at radius 3 is 2.03 bits per heavy atom. The van der Waals surface area contributed by atoms with Crippen molar-refractivity contribution < 1.29 is 14.3 Å². The Bertz CT molecular complexity index is 747. The maximum Gasteiger partial charge on any atom is 0.336 e. The maximum atomic E-state index is 13.4. The van der Waals surface area contributed by atoms with Crippen molar-refractivity contribution >= 4 is 5.97 Å². The number of ether oxygens (including phenoxy) is 2. The predicted molar refractivity (Wildman–Crippen MR) is 121 cm³/mol. The smallest absolute Gasteiger partial charge is 0.336 e. The van der Waals surface area contributed by atoms with Crippen LogP contribution in [0.2, 0.25) is 0 Å². The van der Waals surface area contributed by atoms with Crippen molar-refractivity contribution in [2.75, 3.05) is 13.4 Å². The van der Waals surface area contributed by atoms with Crippen LogP contribution in [0.3, 0.4) is 0 Å². The van der Waals surface area contributed by atoms with E-state index in [1.807, 2.05) is 0 Å². The van der Waals surface area contributed by atoms with E-state index in [2.05, 4.69) is 54.2 Å². The molecule has 4 rings (SSSR count). The van der Waals surface area contributed by atoms with Gasteiger partial charge >= 0.3 is 5.97 Å². The van der Waals surface area contributed by atoms with Crippen molar-refractivity contribution in [3.8, 4) is 0 Å². The second kappa shape index (κ2) is 7.22. The van der Waals surface area contributed by atoms with Crippen molar-refractivity contribution in [1.29, 1.82) is 0 Å². The average molecular weight is 415 g/mol. The molecule has 0 spiro atoms. The first-order chi connectivity index (χ1) is 14.0. The van der Waals surface area contributed by atoms with Gasteiger partial charge in [0.05, 0.1) is 6.61 Å². The highest BCUT2D eigenvalue weighted by atomic mass is 16.7. The fourth-order valence-electron chi connectivity index (χ4n) is 8.04. The van der Waals surface area contributed by atoms with E-state index in [1.54, 1.807) is 6.08 Å². The molecule has 6 atom stereocenters. The zero-order chi connectivity index (χ0) is 21.9. The minimum Gasteiger partial charge on any atom is -0.435 e. The first-order valence-corrected chi connectivity index (χ1v) is 12.1. The molecule has 30 heavy (non-hydrogen) atoms. The number of esters is 1. The number of rotatable bonds is 7. The van der Waals surface area contributed by atoms with Gasteiger partial charge < -0.3 is 9.47 Å². The van der Waals surface area contributed by atoms with E-state index in [-0.39, 0.29) is 29.0 Å². The number of allylic oxidation sites excluding steroid dienone is 1. The number of hydrogen-bond donors (Lipinski definition) is 0. The first-order valence-electron chi connectivity index (χ1n) is 12.1. The molecule has 0 heterocycles. The topological polar surface area (TPSA) is 35.5 Å². The van der Waals surface area contributed by atoms with Gasteiger partial charge in [-0.05, 0) is 83.9 Å². The zero-order valence-corrected chi connectivity index (χ0v) is 20.1. The van der Waals surface area contributed by atoms with Crippen LogP contribution in [0.4, 0.5) is 0 Å². The van der Waals surface area contributed by atoms with Crippen molar-refractivity contribution in [3.63, 3.8) is 0 Å². The van der Waals surface area contributed by atoms with Gasteiger partial charge in [-0.25, -0.2) is 4.79 Å². The normalized spacial score (nSPS) is 43.2. The summed E-state index contributed by atoms with van der Waals surface area (Å²) in [6.45, 7) is 18.7. The lowest BCUT2D eigenvalue weighted by molar-refractivity contribution is -0.151. The van der Waals surface area contributed by atoms with Gasteiger partial charge in [-0.2, -0.15) is 0 Å². The van der Waals surface area contributed by atoms with Gasteiger partial charge in [-0.15, -0.1) is 6.58 Å². The van der Waals surface area contributed by atoms with Crippen LogP contribution < -0.4 is 0 Å². The molecule has 3 nitrogen and oxygen atoms in total. The predicted octanol–water partition coefficient (Wildman–Crippen LogP) is 6.54. The van der Waals surface area contributed by atoms with E-state index >= 15 is 0 Å². The SMILES string of the molecule is C=CCOCOC(=O)/C(=C\C1CC2CCC1(C)C2(C)C)C1CC2CCC1(C)C2(C)C. The molecule has 0 amide bonds. The molecule has 0 aliphatic heterocycles. The van der Waals surface area contributed by atoms with E-state index in [0.29, 0.717) is 29.8 Å². The minimum atomic E-state index is -0.155. The largest absolute Gasteiger partial charge is 0.435 e. The molecule has 0 saturated heterocycles. The minimum absolute atomic E-state index is 0.00843. The number of carbonyl (C=O) groups is 1. The Morgan fingerprint density at radius 1 is 0.967 bits per heavy atom. The molecule has 4 bridgehead atoms. The molecule has 4 aliphatic rings. The molecule has 4 aliphatic carbocycles. The molecular formula is C27H42O3. The summed E-state index contributed by atoms with van der Waals surface area (Å²) < 4.78 is 11.0. The van der Waals surface area contributed by atoms with Gasteiger partial charge in [0.2, 0.25) is 0 Å². The quantitative estimate of drug-likeness (QED) is 0.156. The van der Waals surface area contributed by atoms with Gasteiger partial charge in [0, 0.05) is 5.57 Å². The fourth-order valence-corrected chi connectivity index (χ4v) is 8.04. The Kier molecular flexibility index (Phi) is 5.32. The second-order valence-electron chi connectivity index (χ2n) is 12.2. The van der Waals surface area contributed by atoms with Gasteiger partial charge in [0.1, 0.15) is 0 Å². The van der Waals surface area contributed by atoms with E-state index in [0.717, 1.165) is 17.9 Å². The molecule has 168 valence electrons. The van der Waals surface area contributed by atoms with Crippen LogP contribution in [-0.4, -0.2) is 19.4 Å². The van der Waals surface area contributed by atoms with Crippen LogP contribution >= 0.6 is 0 Å². The summed E-state index contributed by atoms with van der Waals surface area (Å²) >= 11 is 0. The summed E-state index contributed by atoms with van der Waals surface area (Å²) in [6, 6.07) is 0. The summed E-state index contributed by atoms with van der Waals surface area (Å²) in [7, 11) is 0. The number of carbonyl (C=O) groups excluding carboxylic acids is 1. The summed E-state index contributed by atoms with van der Waals surface area (Å²) in [4.78, 5) is 13.4. The number of fused-ring (bicyclic) bond motifs is 4. The number of hydrogen-bond acceptors (Lipinski definition) is 3. The molecule has 0 N–H and O–H groups in total. The van der Waals surface area contributed by atoms with Crippen molar-refractivity contribution in [2.24, 2.45) is 45.3 Å². The van der Waals surface area contributed by atoms with Gasteiger partial charge in [-0.1, -0.05) is 53.7 Å². The summed E-state index contributed by atoms with van der Waals surface area (Å²) in [5.41, 5.74) is 2.00. The van der Waals surface area contributed by atoms with Gasteiger partial charge in [-0.3, -0.25) is 0 Å². The second-order valence-corrected chi connectivity index (χ2v) is 12.2. The van der Waals surface area contributed by atoms with Crippen molar-refractivity contribution in [1.82, 2.24) is 0 Å². The van der Waals surface area contributed by atoms with Crippen molar-refractivity contribution in [3.05, 3.63) is 24.3 Å². The third-order valence-electron chi connectivity index (χ3n) is 11.2. The fraction of sp³-hybridized carbons (Fsp3) is 0.815. The highest BCUT2D eigenvalue weighted by molar-refractivity contribution is 5.89. The summed E-state index contributed by atoms with van der Waals surface area (Å²) in [6.07, 6.45) is 11.5. The molecule has 4 fully saturated rings.